The van der Waals surface area contributed by atoms with Crippen molar-refractivity contribution in [1.82, 2.24) is 5.32 Å². The number of sulfone groups is 1. The lowest BCUT2D eigenvalue weighted by molar-refractivity contribution is -0.155. The largest absolute Gasteiger partial charge is 0.460 e. The number of hydrogen-bond acceptors (Lipinski definition) is 6. The summed E-state index contributed by atoms with van der Waals surface area (Å²) in [5, 5.41) is 3.17. The van der Waals surface area contributed by atoms with E-state index in [1.165, 1.54) is 16.9 Å². The van der Waals surface area contributed by atoms with Crippen molar-refractivity contribution in [2.75, 3.05) is 18.8 Å². The van der Waals surface area contributed by atoms with Crippen LogP contribution in [-0.2, 0) is 30.5 Å². The van der Waals surface area contributed by atoms with Crippen molar-refractivity contribution in [3.8, 4) is 10.4 Å². The molecule has 30 heavy (non-hydrogen) atoms. The first-order valence-corrected chi connectivity index (χ1v) is 12.9. The number of carbonyl (C=O) groups is 1. The summed E-state index contributed by atoms with van der Waals surface area (Å²) in [7, 11) is -3.56. The fourth-order valence-corrected chi connectivity index (χ4v) is 7.35. The number of esters is 1. The van der Waals surface area contributed by atoms with Crippen molar-refractivity contribution in [2.45, 2.75) is 57.3 Å². The highest BCUT2D eigenvalue weighted by atomic mass is 32.2. The predicted octanol–water partition coefficient (Wildman–Crippen LogP) is 4.31. The Kier molecular flexibility index (Phi) is 6.75. The Labute approximate surface area is 183 Å². The van der Waals surface area contributed by atoms with Gasteiger partial charge in [0.1, 0.15) is 10.3 Å². The van der Waals surface area contributed by atoms with E-state index in [9.17, 15) is 13.2 Å². The molecule has 1 aromatic heterocycles. The molecule has 164 valence electrons. The molecule has 2 aromatic rings. The number of hydrogen-bond donors (Lipinski definition) is 1. The van der Waals surface area contributed by atoms with Gasteiger partial charge in [-0.15, -0.1) is 11.3 Å². The molecule has 1 atom stereocenters. The van der Waals surface area contributed by atoms with E-state index in [0.717, 1.165) is 16.9 Å². The van der Waals surface area contributed by atoms with E-state index in [1.807, 2.05) is 12.1 Å². The molecule has 3 rings (SSSR count). The molecule has 0 aliphatic carbocycles. The Morgan fingerprint density at radius 2 is 1.83 bits per heavy atom. The van der Waals surface area contributed by atoms with E-state index >= 15 is 0 Å². The minimum Gasteiger partial charge on any atom is -0.460 e. The van der Waals surface area contributed by atoms with Crippen molar-refractivity contribution < 1.29 is 17.9 Å². The van der Waals surface area contributed by atoms with E-state index in [2.05, 4.69) is 36.5 Å². The highest BCUT2D eigenvalue weighted by Crippen LogP contribution is 2.45. The molecule has 0 bridgehead atoms. The molecule has 1 aliphatic heterocycles. The second-order valence-electron chi connectivity index (χ2n) is 8.79. The normalized spacial score (nSPS) is 21.7. The molecule has 7 heteroatoms. The summed E-state index contributed by atoms with van der Waals surface area (Å²) in [4.78, 5) is 14.5. The van der Waals surface area contributed by atoms with Crippen LogP contribution in [0.5, 0.6) is 0 Å². The smallest absolute Gasteiger partial charge is 0.308 e. The average molecular weight is 450 g/mol. The molecule has 0 saturated carbocycles. The number of nitrogens with one attached hydrogen (secondary N) is 1. The molecule has 5 nitrogen and oxygen atoms in total. The first-order chi connectivity index (χ1) is 14.1. The van der Waals surface area contributed by atoms with Crippen LogP contribution in [0.15, 0.2) is 36.4 Å². The zero-order valence-electron chi connectivity index (χ0n) is 18.2. The third-order valence-electron chi connectivity index (χ3n) is 5.40. The molecule has 1 aromatic carbocycles. The average Bonchev–Trinajstić information content (AvgIpc) is 3.10. The van der Waals surface area contributed by atoms with Gasteiger partial charge in [0.25, 0.3) is 0 Å². The molecule has 1 N–H and O–H groups in total. The first-order valence-electron chi connectivity index (χ1n) is 10.4. The van der Waals surface area contributed by atoms with Gasteiger partial charge in [0, 0.05) is 16.3 Å². The summed E-state index contributed by atoms with van der Waals surface area (Å²) >= 11 is 1.46. The Balaban J connectivity index is 2.02. The van der Waals surface area contributed by atoms with E-state index in [-0.39, 0.29) is 12.2 Å². The molecular weight excluding hydrogens is 418 g/mol. The van der Waals surface area contributed by atoms with Gasteiger partial charge >= 0.3 is 5.97 Å². The third-order valence-corrected chi connectivity index (χ3v) is 9.37. The lowest BCUT2D eigenvalue weighted by atomic mass is 9.97. The van der Waals surface area contributed by atoms with Gasteiger partial charge in [-0.3, -0.25) is 4.79 Å². The summed E-state index contributed by atoms with van der Waals surface area (Å²) < 4.78 is 31.1. The summed E-state index contributed by atoms with van der Waals surface area (Å²) in [6.07, 6.45) is 1.16. The van der Waals surface area contributed by atoms with E-state index < -0.39 is 26.2 Å². The van der Waals surface area contributed by atoms with Crippen LogP contribution in [-0.4, -0.2) is 38.8 Å². The van der Waals surface area contributed by atoms with E-state index in [0.29, 0.717) is 24.4 Å². The molecule has 1 saturated heterocycles. The van der Waals surface area contributed by atoms with Crippen molar-refractivity contribution in [3.63, 3.8) is 0 Å². The van der Waals surface area contributed by atoms with E-state index in [4.69, 9.17) is 4.74 Å². The number of benzene rings is 1. The first kappa shape index (κ1) is 23.0. The fraction of sp³-hybridized carbons (Fsp3) is 0.522. The van der Waals surface area contributed by atoms with Crippen molar-refractivity contribution in [3.05, 3.63) is 46.8 Å². The minimum atomic E-state index is -3.56. The highest BCUT2D eigenvalue weighted by Gasteiger charge is 2.49. The van der Waals surface area contributed by atoms with Gasteiger partial charge in [0.2, 0.25) is 0 Å². The van der Waals surface area contributed by atoms with Crippen LogP contribution in [0.25, 0.3) is 10.4 Å². The molecule has 0 radical (unpaired) electrons. The molecule has 0 amide bonds. The van der Waals surface area contributed by atoms with Gasteiger partial charge in [-0.1, -0.05) is 31.2 Å². The van der Waals surface area contributed by atoms with Crippen molar-refractivity contribution in [1.29, 1.82) is 0 Å². The van der Waals surface area contributed by atoms with Crippen LogP contribution >= 0.6 is 11.3 Å². The molecule has 2 heterocycles. The summed E-state index contributed by atoms with van der Waals surface area (Å²) in [5.74, 6) is -0.468. The third kappa shape index (κ3) is 4.95. The summed E-state index contributed by atoms with van der Waals surface area (Å²) in [6.45, 7) is 8.44. The topological polar surface area (TPSA) is 72.5 Å². The lowest BCUT2D eigenvalue weighted by Gasteiger charge is -2.31. The van der Waals surface area contributed by atoms with Crippen LogP contribution in [0.1, 0.15) is 51.0 Å². The Bertz CT molecular complexity index is 987. The highest BCUT2D eigenvalue weighted by molar-refractivity contribution is 7.92. The van der Waals surface area contributed by atoms with Crippen molar-refractivity contribution in [2.24, 2.45) is 0 Å². The minimum absolute atomic E-state index is 0.00816. The number of thiophene rings is 1. The maximum absolute atomic E-state index is 13.4. The molecule has 1 aliphatic rings. The quantitative estimate of drug-likeness (QED) is 0.689. The van der Waals surface area contributed by atoms with Gasteiger partial charge in [0.05, 0.1) is 12.2 Å². The number of carbonyl (C=O) groups excluding carboxylic acids is 1. The number of rotatable bonds is 5. The second-order valence-corrected chi connectivity index (χ2v) is 12.3. The number of ether oxygens (including phenoxy) is 1. The molecular formula is C23H31NO4S2. The van der Waals surface area contributed by atoms with Crippen LogP contribution in [0, 0.1) is 0 Å². The Morgan fingerprint density at radius 1 is 1.13 bits per heavy atom. The van der Waals surface area contributed by atoms with Crippen LogP contribution in [0.4, 0.5) is 0 Å². The van der Waals surface area contributed by atoms with Crippen LogP contribution < -0.4 is 5.32 Å². The van der Waals surface area contributed by atoms with Gasteiger partial charge in [-0.05, 0) is 63.4 Å². The molecule has 0 spiro atoms. The van der Waals surface area contributed by atoms with Gasteiger partial charge in [-0.2, -0.15) is 0 Å². The van der Waals surface area contributed by atoms with E-state index in [1.54, 1.807) is 20.8 Å². The maximum Gasteiger partial charge on any atom is 0.308 e. The molecule has 0 unspecified atom stereocenters. The van der Waals surface area contributed by atoms with Crippen LogP contribution in [0.2, 0.25) is 0 Å². The lowest BCUT2D eigenvalue weighted by Crippen LogP contribution is -2.40. The Morgan fingerprint density at radius 3 is 2.47 bits per heavy atom. The summed E-state index contributed by atoms with van der Waals surface area (Å²) in [6, 6.07) is 12.2. The van der Waals surface area contributed by atoms with Gasteiger partial charge < -0.3 is 10.1 Å². The molecule has 1 fully saturated rings. The van der Waals surface area contributed by atoms with Gasteiger partial charge in [0.15, 0.2) is 9.84 Å². The SMILES string of the molecule is CCc1ccc(-c2ccc([C@@]3(CC(=O)OC(C)(C)C)CCNCCS3(=O)=O)s2)cc1. The zero-order valence-corrected chi connectivity index (χ0v) is 19.8. The monoisotopic (exact) mass is 449 g/mol. The fourth-order valence-electron chi connectivity index (χ4n) is 3.79. The Hall–Kier alpha value is -1.70. The zero-order chi connectivity index (χ0) is 22.0. The standard InChI is InChI=1S/C23H31NO4S2/c1-5-17-6-8-18(9-7-17)19-10-11-20(29-19)23(16-21(25)28-22(2,3)4)12-13-24-14-15-30(23,26)27/h6-11,24H,5,12-16H2,1-4H3/t23-/m0/s1. The van der Waals surface area contributed by atoms with Crippen LogP contribution in [0.3, 0.4) is 0 Å². The predicted molar refractivity (Wildman–Crippen MR) is 123 cm³/mol. The summed E-state index contributed by atoms with van der Waals surface area (Å²) in [5.41, 5.74) is 1.65. The number of aryl methyl sites for hydroxylation is 1. The maximum atomic E-state index is 13.4. The van der Waals surface area contributed by atoms with Gasteiger partial charge in [-0.25, -0.2) is 8.42 Å². The second kappa shape index (κ2) is 8.81. The van der Waals surface area contributed by atoms with Crippen molar-refractivity contribution >= 4 is 27.1 Å².